The zero-order valence-electron chi connectivity index (χ0n) is 12.5. The molecule has 116 valence electrons. The van der Waals surface area contributed by atoms with E-state index in [4.69, 9.17) is 0 Å². The fourth-order valence-corrected chi connectivity index (χ4v) is 3.16. The maximum Gasteiger partial charge on any atom is 0.317 e. The average Bonchev–Trinajstić information content (AvgIpc) is 3.02. The van der Waals surface area contributed by atoms with Gasteiger partial charge in [-0.3, -0.25) is 14.9 Å². The van der Waals surface area contributed by atoms with Crippen molar-refractivity contribution in [3.63, 3.8) is 0 Å². The van der Waals surface area contributed by atoms with E-state index >= 15 is 0 Å². The molecule has 6 nitrogen and oxygen atoms in total. The first kappa shape index (κ1) is 14.6. The molecule has 0 aromatic heterocycles. The lowest BCUT2D eigenvalue weighted by Gasteiger charge is -2.21. The van der Waals surface area contributed by atoms with Crippen LogP contribution < -0.4 is 10.6 Å². The number of imide groups is 1. The molecular weight excluding hydrogens is 282 g/mol. The Bertz CT molecular complexity index is 643. The third-order valence-electron chi connectivity index (χ3n) is 4.57. The van der Waals surface area contributed by atoms with Gasteiger partial charge in [-0.2, -0.15) is 0 Å². The van der Waals surface area contributed by atoms with Gasteiger partial charge in [0.05, 0.1) is 5.41 Å². The van der Waals surface area contributed by atoms with Gasteiger partial charge in [0, 0.05) is 26.1 Å². The van der Waals surface area contributed by atoms with Crippen molar-refractivity contribution in [1.29, 1.82) is 0 Å². The molecule has 0 bridgehead atoms. The second-order valence-corrected chi connectivity index (χ2v) is 6.09. The summed E-state index contributed by atoms with van der Waals surface area (Å²) in [7, 11) is 0. The van der Waals surface area contributed by atoms with Gasteiger partial charge in [-0.15, -0.1) is 0 Å². The third-order valence-corrected chi connectivity index (χ3v) is 4.57. The van der Waals surface area contributed by atoms with Gasteiger partial charge < -0.3 is 10.2 Å². The molecule has 2 aliphatic rings. The number of nitrogens with zero attached hydrogens (tertiary/aromatic N) is 1. The van der Waals surface area contributed by atoms with Crippen LogP contribution in [0.15, 0.2) is 24.3 Å². The van der Waals surface area contributed by atoms with Crippen LogP contribution >= 0.6 is 0 Å². The molecule has 0 radical (unpaired) electrons. The molecule has 3 rings (SSSR count). The highest BCUT2D eigenvalue weighted by Crippen LogP contribution is 2.37. The van der Waals surface area contributed by atoms with Crippen molar-refractivity contribution < 1.29 is 14.4 Å². The number of benzene rings is 1. The molecule has 1 aromatic carbocycles. The number of hydrogen-bond acceptors (Lipinski definition) is 3. The van der Waals surface area contributed by atoms with Gasteiger partial charge >= 0.3 is 6.03 Å². The molecule has 2 aliphatic heterocycles. The SMILES string of the molecule is Cc1ccccc1CNC(=O)N1CCC2(CC(=O)NC2=O)C1. The Morgan fingerprint density at radius 2 is 2.14 bits per heavy atom. The van der Waals surface area contributed by atoms with Crippen LogP contribution in [0.1, 0.15) is 24.0 Å². The number of amides is 4. The molecule has 2 N–H and O–H groups in total. The van der Waals surface area contributed by atoms with Gasteiger partial charge in [0.15, 0.2) is 0 Å². The molecule has 2 saturated heterocycles. The number of aryl methyl sites for hydroxylation is 1. The minimum absolute atomic E-state index is 0.188. The van der Waals surface area contributed by atoms with Crippen LogP contribution in [0, 0.1) is 12.3 Å². The summed E-state index contributed by atoms with van der Waals surface area (Å²) in [5.74, 6) is -0.487. The zero-order chi connectivity index (χ0) is 15.7. The summed E-state index contributed by atoms with van der Waals surface area (Å²) in [6.45, 7) is 3.27. The quantitative estimate of drug-likeness (QED) is 0.798. The number of rotatable bonds is 2. The Hall–Kier alpha value is -2.37. The van der Waals surface area contributed by atoms with Gasteiger partial charge in [0.1, 0.15) is 0 Å². The number of hydrogen-bond donors (Lipinski definition) is 2. The van der Waals surface area contributed by atoms with Crippen molar-refractivity contribution in [3.05, 3.63) is 35.4 Å². The predicted octanol–water partition coefficient (Wildman–Crippen LogP) is 0.943. The first-order valence-electron chi connectivity index (χ1n) is 7.42. The first-order valence-corrected chi connectivity index (χ1v) is 7.42. The normalized spacial score (nSPS) is 24.0. The van der Waals surface area contributed by atoms with E-state index in [1.54, 1.807) is 4.90 Å². The molecule has 2 fully saturated rings. The Labute approximate surface area is 128 Å². The molecule has 1 spiro atoms. The molecule has 1 unspecified atom stereocenters. The molecule has 1 atom stereocenters. The maximum atomic E-state index is 12.3. The van der Waals surface area contributed by atoms with Gasteiger partial charge in [0.25, 0.3) is 0 Å². The number of likely N-dealkylation sites (tertiary alicyclic amines) is 1. The topological polar surface area (TPSA) is 78.5 Å². The Morgan fingerprint density at radius 1 is 1.36 bits per heavy atom. The molecule has 0 aliphatic carbocycles. The first-order chi connectivity index (χ1) is 10.5. The molecule has 0 saturated carbocycles. The molecule has 1 aromatic rings. The molecule has 2 heterocycles. The maximum absolute atomic E-state index is 12.3. The van der Waals surface area contributed by atoms with Crippen LogP contribution in [0.3, 0.4) is 0 Å². The molecule has 22 heavy (non-hydrogen) atoms. The summed E-state index contributed by atoms with van der Waals surface area (Å²) in [4.78, 5) is 37.2. The summed E-state index contributed by atoms with van der Waals surface area (Å²) in [5, 5.41) is 5.22. The highest BCUT2D eigenvalue weighted by atomic mass is 16.2. The van der Waals surface area contributed by atoms with Crippen molar-refractivity contribution in [2.45, 2.75) is 26.3 Å². The van der Waals surface area contributed by atoms with Gasteiger partial charge in [0.2, 0.25) is 11.8 Å². The summed E-state index contributed by atoms with van der Waals surface area (Å²) in [6, 6.07) is 7.69. The van der Waals surface area contributed by atoms with Crippen LogP contribution in [0.4, 0.5) is 4.79 Å². The number of urea groups is 1. The minimum atomic E-state index is -0.711. The highest BCUT2D eigenvalue weighted by molar-refractivity contribution is 6.06. The van der Waals surface area contributed by atoms with E-state index in [-0.39, 0.29) is 24.3 Å². The van der Waals surface area contributed by atoms with E-state index in [1.165, 1.54) is 0 Å². The van der Waals surface area contributed by atoms with E-state index in [0.29, 0.717) is 26.1 Å². The van der Waals surface area contributed by atoms with Crippen LogP contribution in [-0.2, 0) is 16.1 Å². The average molecular weight is 301 g/mol. The van der Waals surface area contributed by atoms with E-state index < -0.39 is 5.41 Å². The van der Waals surface area contributed by atoms with Crippen LogP contribution in [-0.4, -0.2) is 35.8 Å². The fraction of sp³-hybridized carbons (Fsp3) is 0.438. The lowest BCUT2D eigenvalue weighted by molar-refractivity contribution is -0.128. The largest absolute Gasteiger partial charge is 0.334 e. The summed E-state index contributed by atoms with van der Waals surface area (Å²) in [5.41, 5.74) is 1.48. The van der Waals surface area contributed by atoms with Crippen molar-refractivity contribution in [2.24, 2.45) is 5.41 Å². The third kappa shape index (κ3) is 2.56. The van der Waals surface area contributed by atoms with Crippen molar-refractivity contribution in [1.82, 2.24) is 15.5 Å². The Balaban J connectivity index is 1.59. The minimum Gasteiger partial charge on any atom is -0.334 e. The van der Waals surface area contributed by atoms with E-state index in [9.17, 15) is 14.4 Å². The lowest BCUT2D eigenvalue weighted by Crippen LogP contribution is -2.41. The smallest absolute Gasteiger partial charge is 0.317 e. The van der Waals surface area contributed by atoms with Crippen molar-refractivity contribution in [2.75, 3.05) is 13.1 Å². The van der Waals surface area contributed by atoms with Crippen LogP contribution in [0.5, 0.6) is 0 Å². The predicted molar refractivity (Wildman–Crippen MR) is 79.8 cm³/mol. The number of carbonyl (C=O) groups excluding carboxylic acids is 3. The van der Waals surface area contributed by atoms with Gasteiger partial charge in [-0.25, -0.2) is 4.79 Å². The van der Waals surface area contributed by atoms with Crippen molar-refractivity contribution >= 4 is 17.8 Å². The van der Waals surface area contributed by atoms with E-state index in [0.717, 1.165) is 11.1 Å². The van der Waals surface area contributed by atoms with Crippen molar-refractivity contribution in [3.8, 4) is 0 Å². The van der Waals surface area contributed by atoms with Crippen LogP contribution in [0.2, 0.25) is 0 Å². The Morgan fingerprint density at radius 3 is 2.82 bits per heavy atom. The second-order valence-electron chi connectivity index (χ2n) is 6.09. The number of nitrogens with one attached hydrogen (secondary N) is 2. The summed E-state index contributed by atoms with van der Waals surface area (Å²) in [6.07, 6.45) is 0.732. The second kappa shape index (κ2) is 5.44. The van der Waals surface area contributed by atoms with E-state index in [1.807, 2.05) is 31.2 Å². The zero-order valence-corrected chi connectivity index (χ0v) is 12.5. The van der Waals surface area contributed by atoms with E-state index in [2.05, 4.69) is 10.6 Å². The molecule has 6 heteroatoms. The molecule has 4 amide bonds. The van der Waals surface area contributed by atoms with Gasteiger partial charge in [-0.05, 0) is 24.5 Å². The fourth-order valence-electron chi connectivity index (χ4n) is 3.16. The Kier molecular flexibility index (Phi) is 3.60. The van der Waals surface area contributed by atoms with Crippen LogP contribution in [0.25, 0.3) is 0 Å². The summed E-state index contributed by atoms with van der Waals surface area (Å²) >= 11 is 0. The standard InChI is InChI=1S/C16H19N3O3/c1-11-4-2-3-5-12(11)9-17-15(22)19-7-6-16(10-19)8-13(20)18-14(16)21/h2-5H,6-10H2,1H3,(H,17,22)(H,18,20,21). The van der Waals surface area contributed by atoms with Gasteiger partial charge in [-0.1, -0.05) is 24.3 Å². The monoisotopic (exact) mass is 301 g/mol. The lowest BCUT2D eigenvalue weighted by atomic mass is 9.85. The molecular formula is C16H19N3O3. The highest BCUT2D eigenvalue weighted by Gasteiger charge is 2.51. The summed E-state index contributed by atoms with van der Waals surface area (Å²) < 4.78 is 0. The number of carbonyl (C=O) groups is 3.